The van der Waals surface area contributed by atoms with Gasteiger partial charge in [0.1, 0.15) is 11.3 Å². The van der Waals surface area contributed by atoms with E-state index in [2.05, 4.69) is 21.0 Å². The lowest BCUT2D eigenvalue weighted by Crippen LogP contribution is -2.22. The highest BCUT2D eigenvalue weighted by atomic mass is 79.9. The second-order valence-corrected chi connectivity index (χ2v) is 7.07. The molecule has 0 spiro atoms. The van der Waals surface area contributed by atoms with E-state index in [9.17, 15) is 14.3 Å². The molecule has 0 amide bonds. The zero-order chi connectivity index (χ0) is 19.0. The van der Waals surface area contributed by atoms with Gasteiger partial charge in [0.25, 0.3) is 5.56 Å². The zero-order valence-electron chi connectivity index (χ0n) is 14.1. The summed E-state index contributed by atoms with van der Waals surface area (Å²) in [6.45, 7) is 0.0194. The lowest BCUT2D eigenvalue weighted by atomic mass is 10.1. The Morgan fingerprint density at radius 2 is 1.93 bits per heavy atom. The highest BCUT2D eigenvalue weighted by Gasteiger charge is 2.18. The van der Waals surface area contributed by atoms with Crippen molar-refractivity contribution in [1.29, 1.82) is 0 Å². The summed E-state index contributed by atoms with van der Waals surface area (Å²) in [4.78, 5) is 13.0. The Balaban J connectivity index is 1.86. The Bertz CT molecular complexity index is 1200. The molecule has 0 fully saturated rings. The molecule has 0 aliphatic carbocycles. The Morgan fingerprint density at radius 1 is 1.11 bits per heavy atom. The number of nitrogens with zero attached hydrogens (tertiary/aromatic N) is 3. The van der Waals surface area contributed by atoms with Gasteiger partial charge in [-0.3, -0.25) is 4.79 Å². The van der Waals surface area contributed by atoms with Gasteiger partial charge in [-0.15, -0.1) is 0 Å². The van der Waals surface area contributed by atoms with Gasteiger partial charge in [0.05, 0.1) is 18.8 Å². The maximum absolute atomic E-state index is 13.6. The monoisotopic (exact) mass is 427 g/mol. The van der Waals surface area contributed by atoms with Crippen LogP contribution in [0.25, 0.3) is 16.8 Å². The molecule has 0 radical (unpaired) electrons. The van der Waals surface area contributed by atoms with Gasteiger partial charge in [-0.2, -0.15) is 5.10 Å². The zero-order valence-corrected chi connectivity index (χ0v) is 15.7. The standard InChI is InChI=1S/C20H15BrFN3O2/c21-15-5-1-3-13(9-15)11-24-7-8-25-19(20(24)27)17(12-26)18(23-25)14-4-2-6-16(22)10-14/h1-10,26H,11-12H2. The minimum Gasteiger partial charge on any atom is -0.392 e. The summed E-state index contributed by atoms with van der Waals surface area (Å²) >= 11 is 3.43. The lowest BCUT2D eigenvalue weighted by Gasteiger charge is -2.07. The molecule has 27 heavy (non-hydrogen) atoms. The fourth-order valence-electron chi connectivity index (χ4n) is 3.12. The third-order valence-electron chi connectivity index (χ3n) is 4.36. The van der Waals surface area contributed by atoms with Crippen molar-refractivity contribution in [3.05, 3.63) is 92.7 Å². The fourth-order valence-corrected chi connectivity index (χ4v) is 3.57. The van der Waals surface area contributed by atoms with Gasteiger partial charge in [0.15, 0.2) is 0 Å². The van der Waals surface area contributed by atoms with Crippen molar-refractivity contribution in [2.75, 3.05) is 0 Å². The van der Waals surface area contributed by atoms with Gasteiger partial charge in [0, 0.05) is 28.0 Å². The smallest absolute Gasteiger partial charge is 0.277 e. The minimum atomic E-state index is -0.402. The van der Waals surface area contributed by atoms with Gasteiger partial charge >= 0.3 is 0 Å². The molecule has 0 unspecified atom stereocenters. The summed E-state index contributed by atoms with van der Waals surface area (Å²) in [5, 5.41) is 14.3. The number of rotatable bonds is 4. The average molecular weight is 428 g/mol. The van der Waals surface area contributed by atoms with E-state index in [4.69, 9.17) is 0 Å². The third kappa shape index (κ3) is 3.31. The van der Waals surface area contributed by atoms with Crippen LogP contribution < -0.4 is 5.56 Å². The van der Waals surface area contributed by atoms with Gasteiger partial charge < -0.3 is 9.67 Å². The molecule has 0 aliphatic heterocycles. The molecular weight excluding hydrogens is 413 g/mol. The number of halogens is 2. The van der Waals surface area contributed by atoms with Crippen LogP contribution in [0.3, 0.4) is 0 Å². The first-order valence-corrected chi connectivity index (χ1v) is 9.08. The molecule has 0 bridgehead atoms. The second kappa shape index (κ2) is 7.09. The predicted octanol–water partition coefficient (Wildman–Crippen LogP) is 3.61. The second-order valence-electron chi connectivity index (χ2n) is 6.15. The number of hydrogen-bond acceptors (Lipinski definition) is 3. The first-order chi connectivity index (χ1) is 13.1. The third-order valence-corrected chi connectivity index (χ3v) is 4.85. The Labute approximate surface area is 162 Å². The van der Waals surface area contributed by atoms with Crippen molar-refractivity contribution in [3.8, 4) is 11.3 Å². The molecular formula is C20H15BrFN3O2. The maximum Gasteiger partial charge on any atom is 0.277 e. The fraction of sp³-hybridized carbons (Fsp3) is 0.100. The number of aliphatic hydroxyl groups is 1. The van der Waals surface area contributed by atoms with Crippen molar-refractivity contribution in [2.45, 2.75) is 13.2 Å². The van der Waals surface area contributed by atoms with Crippen molar-refractivity contribution in [2.24, 2.45) is 0 Å². The summed E-state index contributed by atoms with van der Waals surface area (Å²) in [6, 6.07) is 13.6. The summed E-state index contributed by atoms with van der Waals surface area (Å²) in [6.07, 6.45) is 3.32. The van der Waals surface area contributed by atoms with E-state index in [-0.39, 0.29) is 17.7 Å². The molecule has 0 aliphatic rings. The topological polar surface area (TPSA) is 59.5 Å². The largest absolute Gasteiger partial charge is 0.392 e. The average Bonchev–Trinajstić information content (AvgIpc) is 3.03. The quantitative estimate of drug-likeness (QED) is 0.541. The van der Waals surface area contributed by atoms with Gasteiger partial charge in [0.2, 0.25) is 0 Å². The number of aliphatic hydroxyl groups excluding tert-OH is 1. The molecule has 0 saturated carbocycles. The summed E-state index contributed by atoms with van der Waals surface area (Å²) in [5.41, 5.74) is 2.28. The van der Waals surface area contributed by atoms with Crippen LogP contribution in [0.5, 0.6) is 0 Å². The molecule has 5 nitrogen and oxygen atoms in total. The molecule has 0 atom stereocenters. The van der Waals surface area contributed by atoms with Crippen molar-refractivity contribution < 1.29 is 9.50 Å². The van der Waals surface area contributed by atoms with Crippen LogP contribution in [0.4, 0.5) is 4.39 Å². The number of benzene rings is 2. The van der Waals surface area contributed by atoms with E-state index in [1.54, 1.807) is 29.1 Å². The Kier molecular flexibility index (Phi) is 4.63. The van der Waals surface area contributed by atoms with E-state index in [0.717, 1.165) is 10.0 Å². The molecule has 1 N–H and O–H groups in total. The van der Waals surface area contributed by atoms with E-state index in [1.165, 1.54) is 16.6 Å². The Morgan fingerprint density at radius 3 is 2.67 bits per heavy atom. The molecule has 2 aromatic carbocycles. The molecule has 0 saturated heterocycles. The first-order valence-electron chi connectivity index (χ1n) is 8.28. The van der Waals surface area contributed by atoms with Crippen LogP contribution in [0.2, 0.25) is 0 Å². The van der Waals surface area contributed by atoms with Crippen LogP contribution in [0.1, 0.15) is 11.1 Å². The Hall–Kier alpha value is -2.77. The molecule has 4 aromatic rings. The van der Waals surface area contributed by atoms with Crippen molar-refractivity contribution in [3.63, 3.8) is 0 Å². The summed E-state index contributed by atoms with van der Waals surface area (Å²) < 4.78 is 17.5. The molecule has 2 heterocycles. The molecule has 7 heteroatoms. The van der Waals surface area contributed by atoms with E-state index >= 15 is 0 Å². The van der Waals surface area contributed by atoms with Crippen LogP contribution in [-0.4, -0.2) is 19.3 Å². The van der Waals surface area contributed by atoms with E-state index < -0.39 is 5.82 Å². The van der Waals surface area contributed by atoms with Crippen molar-refractivity contribution >= 4 is 21.4 Å². The first kappa shape index (κ1) is 17.6. The molecule has 2 aromatic heterocycles. The van der Waals surface area contributed by atoms with Gasteiger partial charge in [-0.25, -0.2) is 8.91 Å². The number of aromatic nitrogens is 3. The van der Waals surface area contributed by atoms with E-state index in [0.29, 0.717) is 23.4 Å². The maximum atomic E-state index is 13.6. The highest BCUT2D eigenvalue weighted by Crippen LogP contribution is 2.25. The normalized spacial score (nSPS) is 11.2. The highest BCUT2D eigenvalue weighted by molar-refractivity contribution is 9.10. The summed E-state index contributed by atoms with van der Waals surface area (Å²) in [7, 11) is 0. The molecule has 4 rings (SSSR count). The number of fused-ring (bicyclic) bond motifs is 1. The SMILES string of the molecule is O=c1c2c(CO)c(-c3cccc(F)c3)nn2ccn1Cc1cccc(Br)c1. The van der Waals surface area contributed by atoms with Crippen LogP contribution in [0.15, 0.2) is 70.2 Å². The molecule has 136 valence electrons. The van der Waals surface area contributed by atoms with Crippen LogP contribution in [0, 0.1) is 5.82 Å². The van der Waals surface area contributed by atoms with Crippen molar-refractivity contribution in [1.82, 2.24) is 14.2 Å². The minimum absolute atomic E-state index is 0.267. The van der Waals surface area contributed by atoms with Crippen LogP contribution in [-0.2, 0) is 13.2 Å². The lowest BCUT2D eigenvalue weighted by molar-refractivity contribution is 0.283. The number of hydrogen-bond donors (Lipinski definition) is 1. The predicted molar refractivity (Wildman–Crippen MR) is 104 cm³/mol. The van der Waals surface area contributed by atoms with E-state index in [1.807, 2.05) is 24.3 Å². The van der Waals surface area contributed by atoms with Gasteiger partial charge in [-0.05, 0) is 29.8 Å². The van der Waals surface area contributed by atoms with Crippen LogP contribution >= 0.6 is 15.9 Å². The van der Waals surface area contributed by atoms with Gasteiger partial charge in [-0.1, -0.05) is 40.2 Å². The summed E-state index contributed by atoms with van der Waals surface area (Å²) in [5.74, 6) is -0.402.